The zero-order valence-electron chi connectivity index (χ0n) is 5.47. The van der Waals surface area contributed by atoms with Gasteiger partial charge in [0.15, 0.2) is 0 Å². The minimum atomic E-state index is -3.57. The van der Waals surface area contributed by atoms with Gasteiger partial charge in [0.05, 0.1) is 0 Å². The number of hydrogen-bond acceptors (Lipinski definition) is 3. The van der Waals surface area contributed by atoms with Crippen molar-refractivity contribution in [2.75, 3.05) is 0 Å². The van der Waals surface area contributed by atoms with E-state index < -0.39 is 9.05 Å². The second kappa shape index (κ2) is 3.05. The van der Waals surface area contributed by atoms with Crippen molar-refractivity contribution in [3.63, 3.8) is 0 Å². The molecule has 0 N–H and O–H groups in total. The molecule has 62 valence electrons. The van der Waals surface area contributed by atoms with Gasteiger partial charge in [-0.1, -0.05) is 0 Å². The van der Waals surface area contributed by atoms with Crippen molar-refractivity contribution in [3.05, 3.63) is 15.4 Å². The summed E-state index contributed by atoms with van der Waals surface area (Å²) in [6.07, 6.45) is 0. The predicted octanol–water partition coefficient (Wildman–Crippen LogP) is 2.75. The van der Waals surface area contributed by atoms with Gasteiger partial charge in [0.2, 0.25) is 0 Å². The molecule has 1 aromatic rings. The van der Waals surface area contributed by atoms with Crippen molar-refractivity contribution in [2.24, 2.45) is 0 Å². The van der Waals surface area contributed by atoms with Crippen molar-refractivity contribution in [3.8, 4) is 0 Å². The van der Waals surface area contributed by atoms with Crippen molar-refractivity contribution >= 4 is 47.0 Å². The first-order valence-electron chi connectivity index (χ1n) is 2.62. The van der Waals surface area contributed by atoms with Gasteiger partial charge < -0.3 is 0 Å². The highest BCUT2D eigenvalue weighted by Crippen LogP contribution is 2.33. The highest BCUT2D eigenvalue weighted by Gasteiger charge is 2.16. The number of aryl methyl sites for hydroxylation is 1. The van der Waals surface area contributed by atoms with Gasteiger partial charge in [0, 0.05) is 20.0 Å². The van der Waals surface area contributed by atoms with Crippen LogP contribution in [0.3, 0.4) is 0 Å². The largest absolute Gasteiger partial charge is 0.271 e. The van der Waals surface area contributed by atoms with Gasteiger partial charge in [-0.3, -0.25) is 0 Å². The molecule has 1 heterocycles. The SMILES string of the molecule is Cc1cc(Br)c(S(=O)(=O)Cl)s1. The van der Waals surface area contributed by atoms with Crippen molar-refractivity contribution in [2.45, 2.75) is 11.1 Å². The average molecular weight is 276 g/mol. The summed E-state index contributed by atoms with van der Waals surface area (Å²) < 4.78 is 22.3. The Morgan fingerprint density at radius 1 is 1.64 bits per heavy atom. The lowest BCUT2D eigenvalue weighted by atomic mass is 10.5. The van der Waals surface area contributed by atoms with Crippen LogP contribution in [0.4, 0.5) is 0 Å². The van der Waals surface area contributed by atoms with Crippen LogP contribution in [-0.4, -0.2) is 8.42 Å². The van der Waals surface area contributed by atoms with Gasteiger partial charge in [-0.25, -0.2) is 8.42 Å². The monoisotopic (exact) mass is 274 g/mol. The molecule has 0 aliphatic heterocycles. The molecule has 0 atom stereocenters. The molecule has 0 bridgehead atoms. The maximum Gasteiger partial charge on any atom is 0.271 e. The minimum Gasteiger partial charge on any atom is -0.206 e. The normalized spacial score (nSPS) is 11.9. The fraction of sp³-hybridized carbons (Fsp3) is 0.200. The molecular weight excluding hydrogens is 272 g/mol. The van der Waals surface area contributed by atoms with E-state index in [1.165, 1.54) is 0 Å². The molecule has 1 rings (SSSR count). The van der Waals surface area contributed by atoms with Gasteiger partial charge in [-0.2, -0.15) is 0 Å². The second-order valence-electron chi connectivity index (χ2n) is 1.93. The highest BCUT2D eigenvalue weighted by atomic mass is 79.9. The molecule has 0 amide bonds. The van der Waals surface area contributed by atoms with Crippen LogP contribution in [0.25, 0.3) is 0 Å². The van der Waals surface area contributed by atoms with Crippen LogP contribution in [0.5, 0.6) is 0 Å². The van der Waals surface area contributed by atoms with E-state index in [1.54, 1.807) is 6.07 Å². The van der Waals surface area contributed by atoms with Gasteiger partial charge in [0.25, 0.3) is 9.05 Å². The van der Waals surface area contributed by atoms with Crippen LogP contribution < -0.4 is 0 Å². The minimum absolute atomic E-state index is 0.177. The van der Waals surface area contributed by atoms with E-state index in [4.69, 9.17) is 10.7 Å². The standard InChI is InChI=1S/C5H4BrClO2S2/c1-3-2-4(6)5(10-3)11(7,8)9/h2H,1H3. The van der Waals surface area contributed by atoms with Crippen LogP contribution in [0.2, 0.25) is 0 Å². The summed E-state index contributed by atoms with van der Waals surface area (Å²) in [5.41, 5.74) is 0. The van der Waals surface area contributed by atoms with E-state index in [-0.39, 0.29) is 4.21 Å². The number of halogens is 2. The molecular formula is C5H4BrClO2S2. The summed E-state index contributed by atoms with van der Waals surface area (Å²) in [6.45, 7) is 1.82. The molecule has 0 aliphatic carbocycles. The van der Waals surface area contributed by atoms with Crippen LogP contribution in [0.1, 0.15) is 4.88 Å². The number of rotatable bonds is 1. The lowest BCUT2D eigenvalue weighted by Crippen LogP contribution is -1.85. The van der Waals surface area contributed by atoms with Crippen LogP contribution in [-0.2, 0) is 9.05 Å². The first-order valence-corrected chi connectivity index (χ1v) is 6.54. The molecule has 0 saturated heterocycles. The summed E-state index contributed by atoms with van der Waals surface area (Å²) in [5.74, 6) is 0. The van der Waals surface area contributed by atoms with Gasteiger partial charge in [-0.15, -0.1) is 11.3 Å². The Kier molecular flexibility index (Phi) is 2.63. The molecule has 0 radical (unpaired) electrons. The zero-order valence-corrected chi connectivity index (χ0v) is 9.44. The van der Waals surface area contributed by atoms with Crippen molar-refractivity contribution in [1.82, 2.24) is 0 Å². The Labute approximate surface area is 81.7 Å². The topological polar surface area (TPSA) is 34.1 Å². The lowest BCUT2D eigenvalue weighted by molar-refractivity contribution is 0.611. The van der Waals surface area contributed by atoms with Crippen LogP contribution in [0, 0.1) is 6.92 Å². The molecule has 1 aromatic heterocycles. The molecule has 0 aromatic carbocycles. The van der Waals surface area contributed by atoms with Crippen molar-refractivity contribution in [1.29, 1.82) is 0 Å². The summed E-state index contributed by atoms with van der Waals surface area (Å²) in [4.78, 5) is 0.913. The molecule has 0 fully saturated rings. The fourth-order valence-electron chi connectivity index (χ4n) is 0.628. The Morgan fingerprint density at radius 3 is 2.36 bits per heavy atom. The van der Waals surface area contributed by atoms with E-state index in [9.17, 15) is 8.42 Å². The van der Waals surface area contributed by atoms with E-state index in [0.717, 1.165) is 16.2 Å². The van der Waals surface area contributed by atoms with Crippen LogP contribution in [0.15, 0.2) is 14.7 Å². The molecule has 0 unspecified atom stereocenters. The molecule has 0 spiro atoms. The first-order chi connectivity index (χ1) is 4.91. The third-order valence-corrected chi connectivity index (χ3v) is 5.30. The quantitative estimate of drug-likeness (QED) is 0.739. The summed E-state index contributed by atoms with van der Waals surface area (Å²) in [7, 11) is 1.56. The van der Waals surface area contributed by atoms with Gasteiger partial charge >= 0.3 is 0 Å². The smallest absolute Gasteiger partial charge is 0.206 e. The Balaban J connectivity index is 3.36. The molecule has 6 heteroatoms. The van der Waals surface area contributed by atoms with Gasteiger partial charge in [-0.05, 0) is 28.9 Å². The fourth-order valence-corrected chi connectivity index (χ4v) is 4.53. The first kappa shape index (κ1) is 9.51. The third kappa shape index (κ3) is 2.18. The maximum atomic E-state index is 10.8. The van der Waals surface area contributed by atoms with E-state index in [0.29, 0.717) is 4.47 Å². The molecule has 11 heavy (non-hydrogen) atoms. The third-order valence-electron chi connectivity index (χ3n) is 1.00. The lowest BCUT2D eigenvalue weighted by Gasteiger charge is -1.88. The predicted molar refractivity (Wildman–Crippen MR) is 49.8 cm³/mol. The van der Waals surface area contributed by atoms with Gasteiger partial charge in [0.1, 0.15) is 4.21 Å². The second-order valence-corrected chi connectivity index (χ2v) is 6.80. The molecule has 2 nitrogen and oxygen atoms in total. The van der Waals surface area contributed by atoms with E-state index in [1.807, 2.05) is 6.92 Å². The Morgan fingerprint density at radius 2 is 2.18 bits per heavy atom. The summed E-state index contributed by atoms with van der Waals surface area (Å²) in [5, 5.41) is 0. The zero-order chi connectivity index (χ0) is 8.65. The van der Waals surface area contributed by atoms with E-state index >= 15 is 0 Å². The highest BCUT2D eigenvalue weighted by molar-refractivity contribution is 9.10. The number of hydrogen-bond donors (Lipinski definition) is 0. The number of thiophene rings is 1. The Hall–Kier alpha value is 0.420. The summed E-state index contributed by atoms with van der Waals surface area (Å²) >= 11 is 4.25. The molecule has 0 aliphatic rings. The van der Waals surface area contributed by atoms with Crippen molar-refractivity contribution < 1.29 is 8.42 Å². The summed E-state index contributed by atoms with van der Waals surface area (Å²) in [6, 6.07) is 1.72. The van der Waals surface area contributed by atoms with Crippen LogP contribution >= 0.6 is 37.9 Å². The Bertz CT molecular complexity index is 368. The molecule has 0 saturated carbocycles. The average Bonchev–Trinajstić information content (AvgIpc) is 2.08. The maximum absolute atomic E-state index is 10.8. The van der Waals surface area contributed by atoms with E-state index in [2.05, 4.69) is 15.9 Å².